The van der Waals surface area contributed by atoms with Crippen LogP contribution in [0.5, 0.6) is 0 Å². The van der Waals surface area contributed by atoms with Crippen LogP contribution in [-0.2, 0) is 11.3 Å². The second-order valence-corrected chi connectivity index (χ2v) is 6.37. The highest BCUT2D eigenvalue weighted by atomic mass is 32.1. The SMILES string of the molecule is O=C(C=Cc1cccnc1)NCc1nnc2ccc(-c3cccs3)nn12. The molecule has 0 unspecified atom stereocenters. The molecule has 128 valence electrons. The van der Waals surface area contributed by atoms with E-state index in [2.05, 4.69) is 25.6 Å². The molecule has 26 heavy (non-hydrogen) atoms. The standard InChI is InChI=1S/C18H14N6OS/c25-18(8-5-13-3-1-9-19-11-13)20-12-17-22-21-16-7-6-14(23-24(16)17)15-4-2-10-26-15/h1-11H,12H2,(H,20,25). The summed E-state index contributed by atoms with van der Waals surface area (Å²) in [6.07, 6.45) is 6.54. The minimum absolute atomic E-state index is 0.222. The number of amides is 1. The molecule has 0 fully saturated rings. The maximum Gasteiger partial charge on any atom is 0.244 e. The van der Waals surface area contributed by atoms with Crippen molar-refractivity contribution in [3.63, 3.8) is 0 Å². The predicted molar refractivity (Wildman–Crippen MR) is 99.2 cm³/mol. The molecule has 0 saturated heterocycles. The second-order valence-electron chi connectivity index (χ2n) is 5.42. The monoisotopic (exact) mass is 362 g/mol. The van der Waals surface area contributed by atoms with Gasteiger partial charge < -0.3 is 5.32 Å². The molecule has 1 N–H and O–H groups in total. The van der Waals surface area contributed by atoms with E-state index in [-0.39, 0.29) is 12.5 Å². The van der Waals surface area contributed by atoms with Gasteiger partial charge in [0.1, 0.15) is 5.69 Å². The van der Waals surface area contributed by atoms with Gasteiger partial charge in [-0.1, -0.05) is 12.1 Å². The normalized spacial score (nSPS) is 11.2. The van der Waals surface area contributed by atoms with Crippen LogP contribution in [0.3, 0.4) is 0 Å². The van der Waals surface area contributed by atoms with E-state index in [9.17, 15) is 4.79 Å². The van der Waals surface area contributed by atoms with Gasteiger partial charge in [-0.3, -0.25) is 9.78 Å². The maximum atomic E-state index is 12.0. The molecule has 1 amide bonds. The number of thiophene rings is 1. The Balaban J connectivity index is 1.48. The smallest absolute Gasteiger partial charge is 0.244 e. The fourth-order valence-corrected chi connectivity index (χ4v) is 3.06. The lowest BCUT2D eigenvalue weighted by atomic mass is 10.2. The summed E-state index contributed by atoms with van der Waals surface area (Å²) in [7, 11) is 0. The van der Waals surface area contributed by atoms with E-state index in [1.54, 1.807) is 34.3 Å². The van der Waals surface area contributed by atoms with E-state index in [0.717, 1.165) is 16.1 Å². The van der Waals surface area contributed by atoms with Crippen LogP contribution in [0.2, 0.25) is 0 Å². The van der Waals surface area contributed by atoms with Crippen molar-refractivity contribution >= 4 is 29.0 Å². The van der Waals surface area contributed by atoms with Crippen LogP contribution in [0.4, 0.5) is 0 Å². The molecule has 0 saturated carbocycles. The van der Waals surface area contributed by atoms with Crippen molar-refractivity contribution < 1.29 is 4.79 Å². The Kier molecular flexibility index (Phi) is 4.48. The van der Waals surface area contributed by atoms with E-state index < -0.39 is 0 Å². The number of hydrogen-bond donors (Lipinski definition) is 1. The Morgan fingerprint density at radius 3 is 2.96 bits per heavy atom. The predicted octanol–water partition coefficient (Wildman–Crippen LogP) is 2.58. The number of carbonyl (C=O) groups is 1. The average molecular weight is 362 g/mol. The van der Waals surface area contributed by atoms with E-state index in [4.69, 9.17) is 0 Å². The lowest BCUT2D eigenvalue weighted by molar-refractivity contribution is -0.116. The molecular weight excluding hydrogens is 348 g/mol. The molecule has 0 aliphatic rings. The number of pyridine rings is 1. The molecule has 0 aliphatic carbocycles. The van der Waals surface area contributed by atoms with Crippen molar-refractivity contribution in [2.75, 3.05) is 0 Å². The number of carbonyl (C=O) groups excluding carboxylic acids is 1. The van der Waals surface area contributed by atoms with Crippen LogP contribution in [0.25, 0.3) is 22.3 Å². The fraction of sp³-hybridized carbons (Fsp3) is 0.0556. The number of fused-ring (bicyclic) bond motifs is 1. The highest BCUT2D eigenvalue weighted by Gasteiger charge is 2.09. The molecule has 0 atom stereocenters. The summed E-state index contributed by atoms with van der Waals surface area (Å²) in [6, 6.07) is 11.5. The highest BCUT2D eigenvalue weighted by Crippen LogP contribution is 2.22. The van der Waals surface area contributed by atoms with Crippen molar-refractivity contribution in [1.82, 2.24) is 30.1 Å². The highest BCUT2D eigenvalue weighted by molar-refractivity contribution is 7.13. The van der Waals surface area contributed by atoms with Gasteiger partial charge in [0.2, 0.25) is 5.91 Å². The zero-order chi connectivity index (χ0) is 17.8. The molecule has 7 nitrogen and oxygen atoms in total. The molecule has 0 spiro atoms. The number of rotatable bonds is 5. The molecule has 0 radical (unpaired) electrons. The van der Waals surface area contributed by atoms with E-state index in [0.29, 0.717) is 11.5 Å². The summed E-state index contributed by atoms with van der Waals surface area (Å²) in [5, 5.41) is 17.6. The summed E-state index contributed by atoms with van der Waals surface area (Å²) in [4.78, 5) is 17.1. The van der Waals surface area contributed by atoms with Crippen molar-refractivity contribution in [2.24, 2.45) is 0 Å². The van der Waals surface area contributed by atoms with Crippen molar-refractivity contribution in [3.05, 3.63) is 71.6 Å². The first kappa shape index (κ1) is 16.1. The van der Waals surface area contributed by atoms with Crippen molar-refractivity contribution in [3.8, 4) is 10.6 Å². The zero-order valence-corrected chi connectivity index (χ0v) is 14.4. The number of hydrogen-bond acceptors (Lipinski definition) is 6. The first-order valence-corrected chi connectivity index (χ1v) is 8.79. The quantitative estimate of drug-likeness (QED) is 0.552. The molecule has 0 aliphatic heterocycles. The maximum absolute atomic E-state index is 12.0. The largest absolute Gasteiger partial charge is 0.345 e. The first-order chi connectivity index (χ1) is 12.8. The summed E-state index contributed by atoms with van der Waals surface area (Å²) < 4.78 is 1.65. The van der Waals surface area contributed by atoms with Gasteiger partial charge in [0.25, 0.3) is 0 Å². The van der Waals surface area contributed by atoms with Crippen LogP contribution in [0, 0.1) is 0 Å². The Hall–Kier alpha value is -3.39. The molecule has 8 heteroatoms. The summed E-state index contributed by atoms with van der Waals surface area (Å²) >= 11 is 1.62. The second kappa shape index (κ2) is 7.24. The minimum Gasteiger partial charge on any atom is -0.345 e. The summed E-state index contributed by atoms with van der Waals surface area (Å²) in [6.45, 7) is 0.234. The van der Waals surface area contributed by atoms with Crippen LogP contribution in [0.15, 0.2) is 60.2 Å². The van der Waals surface area contributed by atoms with Crippen molar-refractivity contribution in [2.45, 2.75) is 6.54 Å². The Labute approximate surface area is 153 Å². The third kappa shape index (κ3) is 3.50. The average Bonchev–Trinajstić information content (AvgIpc) is 3.35. The third-order valence-electron chi connectivity index (χ3n) is 3.63. The molecule has 4 heterocycles. The topological polar surface area (TPSA) is 85.1 Å². The van der Waals surface area contributed by atoms with Gasteiger partial charge in [0.15, 0.2) is 11.5 Å². The number of nitrogens with one attached hydrogen (secondary N) is 1. The van der Waals surface area contributed by atoms with Crippen LogP contribution in [0.1, 0.15) is 11.4 Å². The molecule has 4 aromatic rings. The Morgan fingerprint density at radius 2 is 2.15 bits per heavy atom. The van der Waals surface area contributed by atoms with Gasteiger partial charge in [0.05, 0.1) is 11.4 Å². The van der Waals surface area contributed by atoms with Gasteiger partial charge in [0, 0.05) is 18.5 Å². The van der Waals surface area contributed by atoms with Crippen LogP contribution < -0.4 is 5.32 Å². The molecule has 4 aromatic heterocycles. The summed E-state index contributed by atoms with van der Waals surface area (Å²) in [5.74, 6) is 0.349. The zero-order valence-electron chi connectivity index (χ0n) is 13.6. The van der Waals surface area contributed by atoms with Gasteiger partial charge in [-0.05, 0) is 41.3 Å². The van der Waals surface area contributed by atoms with Gasteiger partial charge >= 0.3 is 0 Å². The lowest BCUT2D eigenvalue weighted by Gasteiger charge is -2.02. The Morgan fingerprint density at radius 1 is 1.19 bits per heavy atom. The van der Waals surface area contributed by atoms with E-state index in [1.165, 1.54) is 6.08 Å². The number of aromatic nitrogens is 5. The van der Waals surface area contributed by atoms with Crippen LogP contribution in [-0.4, -0.2) is 30.7 Å². The first-order valence-electron chi connectivity index (χ1n) is 7.91. The Bertz CT molecular complexity index is 1060. The summed E-state index contributed by atoms with van der Waals surface area (Å²) in [5.41, 5.74) is 2.34. The fourth-order valence-electron chi connectivity index (χ4n) is 2.37. The van der Waals surface area contributed by atoms with Crippen molar-refractivity contribution in [1.29, 1.82) is 0 Å². The van der Waals surface area contributed by atoms with E-state index in [1.807, 2.05) is 41.8 Å². The molecule has 0 bridgehead atoms. The van der Waals surface area contributed by atoms with Gasteiger partial charge in [-0.25, -0.2) is 0 Å². The van der Waals surface area contributed by atoms with Gasteiger partial charge in [-0.15, -0.1) is 21.5 Å². The van der Waals surface area contributed by atoms with E-state index >= 15 is 0 Å². The molecule has 4 rings (SSSR count). The number of nitrogens with zero attached hydrogens (tertiary/aromatic N) is 5. The van der Waals surface area contributed by atoms with Gasteiger partial charge in [-0.2, -0.15) is 9.61 Å². The lowest BCUT2D eigenvalue weighted by Crippen LogP contribution is -2.22. The van der Waals surface area contributed by atoms with Crippen LogP contribution >= 0.6 is 11.3 Å². The molecular formula is C18H14N6OS. The molecule has 0 aromatic carbocycles. The third-order valence-corrected chi connectivity index (χ3v) is 4.53. The minimum atomic E-state index is -0.222.